The SMILES string of the molecule is CC(C)OC(=O)c1ccc(CC2(F)CCCCCc3c2nnn3C(C)C)cc1. The molecule has 1 atom stereocenters. The Morgan fingerprint density at radius 3 is 2.54 bits per heavy atom. The molecule has 0 N–H and O–H groups in total. The third-order valence-corrected chi connectivity index (χ3v) is 5.21. The lowest BCUT2D eigenvalue weighted by molar-refractivity contribution is 0.0378. The van der Waals surface area contributed by atoms with Crippen LogP contribution < -0.4 is 0 Å². The van der Waals surface area contributed by atoms with Crippen LogP contribution in [-0.2, 0) is 23.2 Å². The second kappa shape index (κ2) is 8.41. The summed E-state index contributed by atoms with van der Waals surface area (Å²) in [5.41, 5.74) is 1.20. The number of halogens is 1. The van der Waals surface area contributed by atoms with Crippen LogP contribution in [0.3, 0.4) is 0 Å². The lowest BCUT2D eigenvalue weighted by atomic mass is 9.84. The highest BCUT2D eigenvalue weighted by Gasteiger charge is 2.39. The van der Waals surface area contributed by atoms with Crippen LogP contribution in [0.4, 0.5) is 4.39 Å². The van der Waals surface area contributed by atoms with Gasteiger partial charge in [0, 0.05) is 12.5 Å². The maximum absolute atomic E-state index is 16.2. The summed E-state index contributed by atoms with van der Waals surface area (Å²) < 4.78 is 23.3. The van der Waals surface area contributed by atoms with E-state index in [1.807, 2.05) is 44.5 Å². The number of fused-ring (bicyclic) bond motifs is 1. The van der Waals surface area contributed by atoms with Gasteiger partial charge in [-0.2, -0.15) is 0 Å². The molecule has 3 rings (SSSR count). The number of nitrogens with zero attached hydrogens (tertiary/aromatic N) is 3. The van der Waals surface area contributed by atoms with Gasteiger partial charge in [-0.1, -0.05) is 23.8 Å². The van der Waals surface area contributed by atoms with Crippen LogP contribution in [0, 0.1) is 0 Å². The molecule has 0 amide bonds. The van der Waals surface area contributed by atoms with Crippen molar-refractivity contribution in [3.05, 3.63) is 46.8 Å². The lowest BCUT2D eigenvalue weighted by Gasteiger charge is -2.27. The predicted octanol–water partition coefficient (Wildman–Crippen LogP) is 4.95. The van der Waals surface area contributed by atoms with Crippen molar-refractivity contribution in [1.82, 2.24) is 15.0 Å². The summed E-state index contributed by atoms with van der Waals surface area (Å²) in [5, 5.41) is 8.52. The molecule has 1 aliphatic rings. The largest absolute Gasteiger partial charge is 0.459 e. The summed E-state index contributed by atoms with van der Waals surface area (Å²) in [5.74, 6) is -0.357. The van der Waals surface area contributed by atoms with Gasteiger partial charge in [-0.3, -0.25) is 0 Å². The van der Waals surface area contributed by atoms with E-state index in [4.69, 9.17) is 4.74 Å². The predicted molar refractivity (Wildman–Crippen MR) is 106 cm³/mol. The average molecular weight is 387 g/mol. The molecule has 6 heteroatoms. The molecule has 1 heterocycles. The van der Waals surface area contributed by atoms with Gasteiger partial charge < -0.3 is 4.74 Å². The number of carbonyl (C=O) groups excluding carboxylic acids is 1. The number of hydrogen-bond donors (Lipinski definition) is 0. The Balaban J connectivity index is 1.86. The molecule has 152 valence electrons. The van der Waals surface area contributed by atoms with E-state index < -0.39 is 5.67 Å². The van der Waals surface area contributed by atoms with E-state index in [-0.39, 0.29) is 24.5 Å². The van der Waals surface area contributed by atoms with Gasteiger partial charge in [0.1, 0.15) is 5.69 Å². The van der Waals surface area contributed by atoms with Gasteiger partial charge in [-0.25, -0.2) is 13.9 Å². The molecule has 0 aliphatic heterocycles. The minimum absolute atomic E-state index is 0.158. The number of aromatic nitrogens is 3. The fraction of sp³-hybridized carbons (Fsp3) is 0.591. The van der Waals surface area contributed by atoms with E-state index in [9.17, 15) is 4.79 Å². The number of ether oxygens (including phenoxy) is 1. The quantitative estimate of drug-likeness (QED) is 0.681. The summed E-state index contributed by atoms with van der Waals surface area (Å²) in [6.07, 6.45) is 4.20. The molecule has 5 nitrogen and oxygen atoms in total. The monoisotopic (exact) mass is 387 g/mol. The van der Waals surface area contributed by atoms with E-state index in [1.165, 1.54) is 0 Å². The topological polar surface area (TPSA) is 57.0 Å². The molecule has 1 aromatic carbocycles. The normalized spacial score (nSPS) is 20.0. The van der Waals surface area contributed by atoms with Gasteiger partial charge in [0.15, 0.2) is 5.67 Å². The van der Waals surface area contributed by atoms with E-state index in [2.05, 4.69) is 10.3 Å². The molecular weight excluding hydrogens is 357 g/mol. The number of esters is 1. The molecule has 1 unspecified atom stereocenters. The molecule has 0 saturated carbocycles. The second-order valence-corrected chi connectivity index (χ2v) is 8.28. The van der Waals surface area contributed by atoms with Gasteiger partial charge in [0.05, 0.1) is 17.4 Å². The second-order valence-electron chi connectivity index (χ2n) is 8.28. The number of hydrogen-bond acceptors (Lipinski definition) is 4. The number of rotatable bonds is 5. The van der Waals surface area contributed by atoms with E-state index in [0.717, 1.165) is 36.9 Å². The van der Waals surface area contributed by atoms with Crippen LogP contribution in [0.25, 0.3) is 0 Å². The van der Waals surface area contributed by atoms with Crippen LogP contribution in [-0.4, -0.2) is 27.1 Å². The Bertz CT molecular complexity index is 814. The molecule has 1 aliphatic carbocycles. The number of alkyl halides is 1. The van der Waals surface area contributed by atoms with Gasteiger partial charge in [0.2, 0.25) is 0 Å². The zero-order valence-electron chi connectivity index (χ0n) is 17.2. The van der Waals surface area contributed by atoms with Crippen molar-refractivity contribution in [3.8, 4) is 0 Å². The first-order chi connectivity index (χ1) is 13.3. The fourth-order valence-electron chi connectivity index (χ4n) is 3.84. The summed E-state index contributed by atoms with van der Waals surface area (Å²) in [4.78, 5) is 12.0. The van der Waals surface area contributed by atoms with Crippen LogP contribution in [0.2, 0.25) is 0 Å². The standard InChI is InChI=1S/C22H30FN3O2/c1-15(2)26-19-8-6-5-7-13-22(23,20(19)24-25-26)14-17-9-11-18(12-10-17)21(27)28-16(3)4/h9-12,15-16H,5-8,13-14H2,1-4H3. The Hall–Kier alpha value is -2.24. The van der Waals surface area contributed by atoms with Crippen LogP contribution >= 0.6 is 0 Å². The smallest absolute Gasteiger partial charge is 0.338 e. The summed E-state index contributed by atoms with van der Waals surface area (Å²) in [6.45, 7) is 7.72. The molecule has 0 radical (unpaired) electrons. The van der Waals surface area contributed by atoms with Crippen molar-refractivity contribution >= 4 is 5.97 Å². The minimum Gasteiger partial charge on any atom is -0.459 e. The zero-order valence-corrected chi connectivity index (χ0v) is 17.2. The van der Waals surface area contributed by atoms with Crippen molar-refractivity contribution in [2.75, 3.05) is 0 Å². The fourth-order valence-corrected chi connectivity index (χ4v) is 3.84. The van der Waals surface area contributed by atoms with E-state index in [0.29, 0.717) is 17.7 Å². The maximum Gasteiger partial charge on any atom is 0.338 e. The third kappa shape index (κ3) is 4.42. The molecule has 0 fully saturated rings. The van der Waals surface area contributed by atoms with Crippen molar-refractivity contribution in [3.63, 3.8) is 0 Å². The lowest BCUT2D eigenvalue weighted by Crippen LogP contribution is -2.27. The van der Waals surface area contributed by atoms with Crippen molar-refractivity contribution in [2.45, 2.75) is 84.0 Å². The Kier molecular flexibility index (Phi) is 6.16. The highest BCUT2D eigenvalue weighted by Crippen LogP contribution is 2.39. The highest BCUT2D eigenvalue weighted by molar-refractivity contribution is 5.89. The Labute approximate surface area is 166 Å². The molecular formula is C22H30FN3O2. The first kappa shape index (κ1) is 20.5. The number of carbonyl (C=O) groups is 1. The van der Waals surface area contributed by atoms with Gasteiger partial charge in [-0.15, -0.1) is 5.10 Å². The van der Waals surface area contributed by atoms with E-state index in [1.54, 1.807) is 12.1 Å². The maximum atomic E-state index is 16.2. The average Bonchev–Trinajstić information content (AvgIpc) is 3.04. The number of benzene rings is 1. The van der Waals surface area contributed by atoms with Gasteiger partial charge in [0.25, 0.3) is 0 Å². The van der Waals surface area contributed by atoms with E-state index >= 15 is 4.39 Å². The molecule has 0 spiro atoms. The summed E-state index contributed by atoms with van der Waals surface area (Å²) >= 11 is 0. The highest BCUT2D eigenvalue weighted by atomic mass is 19.1. The van der Waals surface area contributed by atoms with Crippen molar-refractivity contribution < 1.29 is 13.9 Å². The molecule has 0 bridgehead atoms. The van der Waals surface area contributed by atoms with Crippen molar-refractivity contribution in [1.29, 1.82) is 0 Å². The molecule has 2 aromatic rings. The van der Waals surface area contributed by atoms with Gasteiger partial charge in [-0.05, 0) is 71.1 Å². The van der Waals surface area contributed by atoms with Crippen LogP contribution in [0.1, 0.15) is 86.7 Å². The first-order valence-corrected chi connectivity index (χ1v) is 10.2. The summed E-state index contributed by atoms with van der Waals surface area (Å²) in [6, 6.07) is 7.19. The minimum atomic E-state index is -1.54. The molecule has 28 heavy (non-hydrogen) atoms. The Morgan fingerprint density at radius 2 is 1.89 bits per heavy atom. The van der Waals surface area contributed by atoms with Crippen molar-refractivity contribution in [2.24, 2.45) is 0 Å². The molecule has 0 saturated heterocycles. The Morgan fingerprint density at radius 1 is 1.18 bits per heavy atom. The third-order valence-electron chi connectivity index (χ3n) is 5.21. The van der Waals surface area contributed by atoms with Crippen LogP contribution in [0.5, 0.6) is 0 Å². The van der Waals surface area contributed by atoms with Gasteiger partial charge >= 0.3 is 5.97 Å². The van der Waals surface area contributed by atoms with Crippen LogP contribution in [0.15, 0.2) is 24.3 Å². The summed E-state index contributed by atoms with van der Waals surface area (Å²) in [7, 11) is 0. The molecule has 1 aromatic heterocycles. The zero-order chi connectivity index (χ0) is 20.3. The first-order valence-electron chi connectivity index (χ1n) is 10.2.